The minimum Gasteiger partial charge on any atom is -0.481 e. The van der Waals surface area contributed by atoms with Gasteiger partial charge >= 0.3 is 17.8 Å². The molecule has 186 valence electrons. The standard InChI is InChI=1S/C19H21N7O2.C2HF3O2/c1-3-4-9-25-16-17(24-10-7-20-8-11-24)22-13-23-18(16)26(19(25)27)14-5-6-15(28-2)21-12-14;3-2(4,5)1(6)7/h5-6,12-13,20H,7-11H2,1-2H3;(H,6,7). The van der Waals surface area contributed by atoms with Crippen molar-refractivity contribution in [3.8, 4) is 23.4 Å². The van der Waals surface area contributed by atoms with Crippen LogP contribution in [-0.2, 0) is 11.3 Å². The average Bonchev–Trinajstić information content (AvgIpc) is 3.14. The monoisotopic (exact) mass is 493 g/mol. The second-order valence-electron chi connectivity index (χ2n) is 7.10. The fourth-order valence-corrected chi connectivity index (χ4v) is 3.34. The lowest BCUT2D eigenvalue weighted by Gasteiger charge is -2.28. The predicted octanol–water partition coefficient (Wildman–Crippen LogP) is 1.05. The van der Waals surface area contributed by atoms with Crippen molar-refractivity contribution in [3.05, 3.63) is 35.1 Å². The number of alkyl halides is 3. The number of carboxylic acid groups (broad SMARTS) is 1. The number of methoxy groups -OCH3 is 1. The van der Waals surface area contributed by atoms with Gasteiger partial charge in [0.15, 0.2) is 11.5 Å². The van der Waals surface area contributed by atoms with Crippen LogP contribution in [0.1, 0.15) is 6.92 Å². The molecule has 0 unspecified atom stereocenters. The van der Waals surface area contributed by atoms with Gasteiger partial charge in [0, 0.05) is 32.2 Å². The van der Waals surface area contributed by atoms with Gasteiger partial charge in [-0.05, 0) is 13.0 Å². The van der Waals surface area contributed by atoms with Crippen molar-refractivity contribution in [2.24, 2.45) is 0 Å². The van der Waals surface area contributed by atoms with Crippen molar-refractivity contribution in [1.29, 1.82) is 0 Å². The fraction of sp³-hybridized carbons (Fsp3) is 0.381. The fourth-order valence-electron chi connectivity index (χ4n) is 3.34. The second-order valence-corrected chi connectivity index (χ2v) is 7.10. The Morgan fingerprint density at radius 3 is 2.46 bits per heavy atom. The molecule has 4 heterocycles. The maximum Gasteiger partial charge on any atom is 0.490 e. The number of anilines is 1. The van der Waals surface area contributed by atoms with Crippen molar-refractivity contribution in [2.75, 3.05) is 38.2 Å². The molecule has 0 bridgehead atoms. The molecule has 1 fully saturated rings. The smallest absolute Gasteiger partial charge is 0.481 e. The van der Waals surface area contributed by atoms with Crippen molar-refractivity contribution < 1.29 is 27.8 Å². The topological polar surface area (TPSA) is 127 Å². The van der Waals surface area contributed by atoms with Crippen LogP contribution in [0.15, 0.2) is 29.5 Å². The van der Waals surface area contributed by atoms with Crippen LogP contribution in [-0.4, -0.2) is 74.6 Å². The highest BCUT2D eigenvalue weighted by atomic mass is 19.4. The molecule has 0 aliphatic carbocycles. The highest BCUT2D eigenvalue weighted by molar-refractivity contribution is 5.85. The lowest BCUT2D eigenvalue weighted by molar-refractivity contribution is -0.192. The second kappa shape index (κ2) is 10.9. The summed E-state index contributed by atoms with van der Waals surface area (Å²) in [6, 6.07) is 3.50. The highest BCUT2D eigenvalue weighted by Crippen LogP contribution is 2.25. The summed E-state index contributed by atoms with van der Waals surface area (Å²) in [6.45, 7) is 5.39. The number of carbonyl (C=O) groups is 1. The van der Waals surface area contributed by atoms with E-state index < -0.39 is 12.1 Å². The lowest BCUT2D eigenvalue weighted by Crippen LogP contribution is -2.44. The molecule has 1 aliphatic rings. The number of aliphatic carboxylic acids is 1. The number of piperazine rings is 1. The van der Waals surface area contributed by atoms with E-state index in [1.807, 2.05) is 0 Å². The SMILES string of the molecule is CC#CCn1c(=O)n(-c2ccc(OC)nc2)c2ncnc(N3CCNCC3)c21.O=C(O)C(F)(F)F. The van der Waals surface area contributed by atoms with Crippen LogP contribution in [0.2, 0.25) is 0 Å². The summed E-state index contributed by atoms with van der Waals surface area (Å²) in [5, 5.41) is 10.5. The molecule has 11 nitrogen and oxygen atoms in total. The summed E-state index contributed by atoms with van der Waals surface area (Å²) >= 11 is 0. The minimum atomic E-state index is -5.08. The molecular weight excluding hydrogens is 471 g/mol. The Labute approximate surface area is 197 Å². The van der Waals surface area contributed by atoms with Crippen molar-refractivity contribution in [2.45, 2.75) is 19.6 Å². The van der Waals surface area contributed by atoms with Gasteiger partial charge < -0.3 is 20.1 Å². The first kappa shape index (κ1) is 25.5. The van der Waals surface area contributed by atoms with Gasteiger partial charge in [-0.15, -0.1) is 5.92 Å². The number of carboxylic acids is 1. The Hall–Kier alpha value is -4.12. The minimum absolute atomic E-state index is 0.221. The van der Waals surface area contributed by atoms with Gasteiger partial charge in [0.2, 0.25) is 5.88 Å². The summed E-state index contributed by atoms with van der Waals surface area (Å²) in [5.74, 6) is 4.32. The molecule has 0 saturated carbocycles. The van der Waals surface area contributed by atoms with Gasteiger partial charge in [0.05, 0.1) is 25.5 Å². The van der Waals surface area contributed by atoms with Crippen molar-refractivity contribution in [3.63, 3.8) is 0 Å². The van der Waals surface area contributed by atoms with Crippen LogP contribution in [0, 0.1) is 11.8 Å². The molecule has 2 N–H and O–H groups in total. The van der Waals surface area contributed by atoms with E-state index in [4.69, 9.17) is 14.6 Å². The maximum atomic E-state index is 13.3. The number of fused-ring (bicyclic) bond motifs is 1. The molecule has 1 saturated heterocycles. The summed E-state index contributed by atoms with van der Waals surface area (Å²) in [6.07, 6.45) is -1.98. The van der Waals surface area contributed by atoms with E-state index in [1.165, 1.54) is 6.33 Å². The number of pyridine rings is 1. The Kier molecular flexibility index (Phi) is 7.92. The number of imidazole rings is 1. The van der Waals surface area contributed by atoms with E-state index in [-0.39, 0.29) is 12.2 Å². The largest absolute Gasteiger partial charge is 0.490 e. The third-order valence-corrected chi connectivity index (χ3v) is 4.95. The number of nitrogens with zero attached hydrogens (tertiary/aromatic N) is 6. The number of halogens is 3. The molecule has 14 heteroatoms. The van der Waals surface area contributed by atoms with Crippen LogP contribution in [0.5, 0.6) is 5.88 Å². The van der Waals surface area contributed by atoms with Crippen LogP contribution in [0.4, 0.5) is 19.0 Å². The molecule has 35 heavy (non-hydrogen) atoms. The Morgan fingerprint density at radius 1 is 1.23 bits per heavy atom. The first-order valence-corrected chi connectivity index (χ1v) is 10.3. The van der Waals surface area contributed by atoms with Gasteiger partial charge in [-0.25, -0.2) is 29.1 Å². The lowest BCUT2D eigenvalue weighted by atomic mass is 10.3. The molecule has 0 atom stereocenters. The van der Waals surface area contributed by atoms with Gasteiger partial charge in [-0.2, -0.15) is 13.2 Å². The summed E-state index contributed by atoms with van der Waals surface area (Å²) < 4.78 is 40.0. The normalized spacial score (nSPS) is 13.5. The first-order chi connectivity index (χ1) is 16.7. The molecule has 3 aromatic rings. The summed E-state index contributed by atoms with van der Waals surface area (Å²) in [7, 11) is 1.55. The van der Waals surface area contributed by atoms with Crippen LogP contribution >= 0.6 is 0 Å². The van der Waals surface area contributed by atoms with Crippen molar-refractivity contribution in [1.82, 2.24) is 29.4 Å². The van der Waals surface area contributed by atoms with Crippen LogP contribution < -0.4 is 20.6 Å². The number of ether oxygens (including phenoxy) is 1. The Morgan fingerprint density at radius 2 is 1.91 bits per heavy atom. The molecule has 0 spiro atoms. The first-order valence-electron chi connectivity index (χ1n) is 10.3. The van der Waals surface area contributed by atoms with Gasteiger partial charge in [0.1, 0.15) is 11.8 Å². The van der Waals surface area contributed by atoms with Gasteiger partial charge in [-0.3, -0.25) is 4.57 Å². The zero-order chi connectivity index (χ0) is 25.6. The van der Waals surface area contributed by atoms with E-state index in [0.717, 1.165) is 32.0 Å². The predicted molar refractivity (Wildman–Crippen MR) is 120 cm³/mol. The number of hydrogen-bond donors (Lipinski definition) is 2. The number of rotatable bonds is 4. The summed E-state index contributed by atoms with van der Waals surface area (Å²) in [4.78, 5) is 37.5. The third kappa shape index (κ3) is 5.69. The Bertz CT molecular complexity index is 1300. The van der Waals surface area contributed by atoms with Crippen LogP contribution in [0.25, 0.3) is 16.9 Å². The highest BCUT2D eigenvalue weighted by Gasteiger charge is 2.38. The molecule has 0 radical (unpaired) electrons. The van der Waals surface area contributed by atoms with Crippen molar-refractivity contribution >= 4 is 23.0 Å². The van der Waals surface area contributed by atoms with E-state index in [1.54, 1.807) is 41.5 Å². The number of nitrogens with one attached hydrogen (secondary N) is 1. The third-order valence-electron chi connectivity index (χ3n) is 4.95. The molecule has 0 aromatic carbocycles. The number of hydrogen-bond acceptors (Lipinski definition) is 8. The molecule has 4 rings (SSSR count). The number of aromatic nitrogens is 5. The summed E-state index contributed by atoms with van der Waals surface area (Å²) in [5.41, 5.74) is 1.62. The zero-order valence-electron chi connectivity index (χ0n) is 18.8. The van der Waals surface area contributed by atoms with Crippen LogP contribution in [0.3, 0.4) is 0 Å². The van der Waals surface area contributed by atoms with Gasteiger partial charge in [0.25, 0.3) is 0 Å². The average molecular weight is 493 g/mol. The molecule has 3 aromatic heterocycles. The zero-order valence-corrected chi connectivity index (χ0v) is 18.8. The van der Waals surface area contributed by atoms with E-state index in [9.17, 15) is 18.0 Å². The van der Waals surface area contributed by atoms with Gasteiger partial charge in [-0.1, -0.05) is 5.92 Å². The quantitative estimate of drug-likeness (QED) is 0.513. The maximum absolute atomic E-state index is 13.3. The molecule has 1 aliphatic heterocycles. The molecule has 0 amide bonds. The van der Waals surface area contributed by atoms with E-state index in [0.29, 0.717) is 22.7 Å². The van der Waals surface area contributed by atoms with E-state index in [2.05, 4.69) is 37.0 Å². The van der Waals surface area contributed by atoms with E-state index >= 15 is 0 Å². The Balaban J connectivity index is 0.000000429. The molecular formula is C21H22F3N7O4.